The molecule has 1 aliphatic carbocycles. The molecule has 1 atom stereocenters. The average Bonchev–Trinajstić information content (AvgIpc) is 2.65. The van der Waals surface area contributed by atoms with Gasteiger partial charge < -0.3 is 10.5 Å². The summed E-state index contributed by atoms with van der Waals surface area (Å²) in [6, 6.07) is 0. The van der Waals surface area contributed by atoms with Crippen molar-refractivity contribution >= 4 is 0 Å². The molecule has 0 bridgehead atoms. The normalized spacial score (nSPS) is 23.7. The first-order valence-electron chi connectivity index (χ1n) is 4.46. The fourth-order valence-electron chi connectivity index (χ4n) is 1.49. The van der Waals surface area contributed by atoms with Crippen molar-refractivity contribution < 1.29 is 4.74 Å². The third kappa shape index (κ3) is 1.94. The second-order valence-electron chi connectivity index (χ2n) is 3.89. The van der Waals surface area contributed by atoms with E-state index in [-0.39, 0.29) is 0 Å². The first kappa shape index (κ1) is 9.01. The lowest BCUT2D eigenvalue weighted by molar-refractivity contribution is -0.0215. The van der Waals surface area contributed by atoms with Crippen LogP contribution in [0.1, 0.15) is 33.6 Å². The van der Waals surface area contributed by atoms with Crippen LogP contribution in [0.4, 0.5) is 0 Å². The average molecular weight is 157 g/mol. The van der Waals surface area contributed by atoms with Crippen molar-refractivity contribution in [3.63, 3.8) is 0 Å². The van der Waals surface area contributed by atoms with E-state index in [1.807, 2.05) is 0 Å². The largest absolute Gasteiger partial charge is 0.375 e. The molecule has 0 amide bonds. The first-order valence-corrected chi connectivity index (χ1v) is 4.46. The zero-order chi connectivity index (χ0) is 8.48. The van der Waals surface area contributed by atoms with E-state index in [0.717, 1.165) is 6.54 Å². The maximum Gasteiger partial charge on any atom is 0.0618 e. The van der Waals surface area contributed by atoms with Gasteiger partial charge in [-0.25, -0.2) is 0 Å². The SMILES string of the molecule is CC(C)OC(C)C1(CN)CC1. The zero-order valence-corrected chi connectivity index (χ0v) is 7.76. The summed E-state index contributed by atoms with van der Waals surface area (Å²) in [5, 5.41) is 0. The van der Waals surface area contributed by atoms with Crippen molar-refractivity contribution in [3.8, 4) is 0 Å². The van der Waals surface area contributed by atoms with E-state index in [0.29, 0.717) is 17.6 Å². The molecule has 0 radical (unpaired) electrons. The molecule has 0 heterocycles. The van der Waals surface area contributed by atoms with E-state index in [1.54, 1.807) is 0 Å². The summed E-state index contributed by atoms with van der Waals surface area (Å²) >= 11 is 0. The Balaban J connectivity index is 2.34. The fraction of sp³-hybridized carbons (Fsp3) is 1.00. The summed E-state index contributed by atoms with van der Waals surface area (Å²) in [4.78, 5) is 0. The Kier molecular flexibility index (Phi) is 2.55. The third-order valence-corrected chi connectivity index (χ3v) is 2.64. The van der Waals surface area contributed by atoms with Gasteiger partial charge in [-0.05, 0) is 33.6 Å². The van der Waals surface area contributed by atoms with Crippen LogP contribution in [0.3, 0.4) is 0 Å². The number of hydrogen-bond donors (Lipinski definition) is 1. The van der Waals surface area contributed by atoms with E-state index < -0.39 is 0 Å². The van der Waals surface area contributed by atoms with Gasteiger partial charge in [-0.3, -0.25) is 0 Å². The van der Waals surface area contributed by atoms with Gasteiger partial charge in [0, 0.05) is 12.0 Å². The molecule has 2 nitrogen and oxygen atoms in total. The minimum absolute atomic E-state index is 0.328. The highest BCUT2D eigenvalue weighted by molar-refractivity contribution is 4.98. The molecule has 1 fully saturated rings. The monoisotopic (exact) mass is 157 g/mol. The van der Waals surface area contributed by atoms with E-state index in [1.165, 1.54) is 12.8 Å². The third-order valence-electron chi connectivity index (χ3n) is 2.64. The van der Waals surface area contributed by atoms with Gasteiger partial charge in [0.2, 0.25) is 0 Å². The quantitative estimate of drug-likeness (QED) is 0.672. The first-order chi connectivity index (χ1) is 5.10. The van der Waals surface area contributed by atoms with Crippen LogP contribution in [0.15, 0.2) is 0 Å². The molecule has 66 valence electrons. The Morgan fingerprint density at radius 2 is 1.91 bits per heavy atom. The number of nitrogens with two attached hydrogens (primary N) is 1. The highest BCUT2D eigenvalue weighted by Crippen LogP contribution is 2.48. The second kappa shape index (κ2) is 3.11. The van der Waals surface area contributed by atoms with E-state index in [9.17, 15) is 0 Å². The summed E-state index contributed by atoms with van der Waals surface area (Å²) < 4.78 is 5.69. The van der Waals surface area contributed by atoms with E-state index in [2.05, 4.69) is 20.8 Å². The number of ether oxygens (including phenoxy) is 1. The molecule has 0 aromatic carbocycles. The van der Waals surface area contributed by atoms with Gasteiger partial charge >= 0.3 is 0 Å². The van der Waals surface area contributed by atoms with Gasteiger partial charge in [0.05, 0.1) is 12.2 Å². The molecule has 1 rings (SSSR count). The predicted octanol–water partition coefficient (Wildman–Crippen LogP) is 1.54. The molecule has 1 unspecified atom stereocenters. The molecule has 1 saturated carbocycles. The molecular formula is C9H19NO. The molecule has 0 spiro atoms. The second-order valence-corrected chi connectivity index (χ2v) is 3.89. The lowest BCUT2D eigenvalue weighted by atomic mass is 10.0. The molecule has 11 heavy (non-hydrogen) atoms. The maximum atomic E-state index is 5.69. The molecule has 2 N–H and O–H groups in total. The van der Waals surface area contributed by atoms with Crippen LogP contribution >= 0.6 is 0 Å². The number of hydrogen-bond acceptors (Lipinski definition) is 2. The van der Waals surface area contributed by atoms with Crippen molar-refractivity contribution in [2.75, 3.05) is 6.54 Å². The maximum absolute atomic E-state index is 5.69. The predicted molar refractivity (Wildman–Crippen MR) is 46.4 cm³/mol. The van der Waals surface area contributed by atoms with Crippen LogP contribution in [-0.4, -0.2) is 18.8 Å². The molecule has 1 aliphatic rings. The standard InChI is InChI=1S/C9H19NO/c1-7(2)11-8(3)9(6-10)4-5-9/h7-8H,4-6,10H2,1-3H3. The minimum atomic E-state index is 0.328. The Morgan fingerprint density at radius 1 is 1.36 bits per heavy atom. The molecular weight excluding hydrogens is 138 g/mol. The van der Waals surface area contributed by atoms with Gasteiger partial charge in [-0.1, -0.05) is 0 Å². The van der Waals surface area contributed by atoms with Crippen LogP contribution in [-0.2, 0) is 4.74 Å². The van der Waals surface area contributed by atoms with Crippen LogP contribution < -0.4 is 5.73 Å². The Morgan fingerprint density at radius 3 is 2.18 bits per heavy atom. The Bertz CT molecular complexity index is 130. The van der Waals surface area contributed by atoms with Gasteiger partial charge in [0.15, 0.2) is 0 Å². The molecule has 0 aromatic rings. The van der Waals surface area contributed by atoms with Crippen LogP contribution in [0.25, 0.3) is 0 Å². The summed E-state index contributed by atoms with van der Waals surface area (Å²) in [6.45, 7) is 7.06. The smallest absolute Gasteiger partial charge is 0.0618 e. The summed E-state index contributed by atoms with van der Waals surface area (Å²) in [6.07, 6.45) is 3.16. The zero-order valence-electron chi connectivity index (χ0n) is 7.76. The fourth-order valence-corrected chi connectivity index (χ4v) is 1.49. The van der Waals surface area contributed by atoms with Gasteiger partial charge in [-0.15, -0.1) is 0 Å². The molecule has 0 aromatic heterocycles. The van der Waals surface area contributed by atoms with Crippen molar-refractivity contribution in [2.45, 2.75) is 45.8 Å². The Hall–Kier alpha value is -0.0800. The number of rotatable bonds is 4. The van der Waals surface area contributed by atoms with Crippen molar-refractivity contribution in [1.29, 1.82) is 0 Å². The van der Waals surface area contributed by atoms with E-state index in [4.69, 9.17) is 10.5 Å². The summed E-state index contributed by atoms with van der Waals surface area (Å²) in [5.41, 5.74) is 6.00. The van der Waals surface area contributed by atoms with Crippen LogP contribution in [0.5, 0.6) is 0 Å². The van der Waals surface area contributed by atoms with Gasteiger partial charge in [0.1, 0.15) is 0 Å². The lowest BCUT2D eigenvalue weighted by Crippen LogP contribution is -2.31. The van der Waals surface area contributed by atoms with Crippen LogP contribution in [0.2, 0.25) is 0 Å². The lowest BCUT2D eigenvalue weighted by Gasteiger charge is -2.24. The Labute approximate surface area is 69.1 Å². The molecule has 0 saturated heterocycles. The summed E-state index contributed by atoms with van der Waals surface area (Å²) in [5.74, 6) is 0. The molecule has 0 aliphatic heterocycles. The van der Waals surface area contributed by atoms with Crippen molar-refractivity contribution in [1.82, 2.24) is 0 Å². The van der Waals surface area contributed by atoms with Crippen molar-refractivity contribution in [2.24, 2.45) is 11.1 Å². The minimum Gasteiger partial charge on any atom is -0.375 e. The van der Waals surface area contributed by atoms with Gasteiger partial charge in [-0.2, -0.15) is 0 Å². The topological polar surface area (TPSA) is 35.2 Å². The van der Waals surface area contributed by atoms with Crippen LogP contribution in [0, 0.1) is 5.41 Å². The molecule has 2 heteroatoms. The highest BCUT2D eigenvalue weighted by Gasteiger charge is 2.46. The highest BCUT2D eigenvalue weighted by atomic mass is 16.5. The van der Waals surface area contributed by atoms with Crippen molar-refractivity contribution in [3.05, 3.63) is 0 Å². The van der Waals surface area contributed by atoms with Gasteiger partial charge in [0.25, 0.3) is 0 Å². The van der Waals surface area contributed by atoms with E-state index >= 15 is 0 Å². The summed E-state index contributed by atoms with van der Waals surface area (Å²) in [7, 11) is 0.